The van der Waals surface area contributed by atoms with Gasteiger partial charge in [-0.25, -0.2) is 0 Å². The maximum Gasteiger partial charge on any atom is 0.0674 e. The quantitative estimate of drug-likeness (QED) is 0.918. The number of rotatable bonds is 4. The van der Waals surface area contributed by atoms with Crippen LogP contribution in [0.25, 0.3) is 0 Å². The predicted molar refractivity (Wildman–Crippen MR) is 82.9 cm³/mol. The fourth-order valence-corrected chi connectivity index (χ4v) is 3.22. The molecule has 0 bridgehead atoms. The first-order valence-electron chi connectivity index (χ1n) is 7.29. The van der Waals surface area contributed by atoms with E-state index in [1.807, 2.05) is 6.07 Å². The Kier molecular flexibility index (Phi) is 3.49. The fourth-order valence-electron chi connectivity index (χ4n) is 3.22. The van der Waals surface area contributed by atoms with Crippen molar-refractivity contribution in [1.29, 1.82) is 0 Å². The molecule has 1 aliphatic heterocycles. The molecule has 1 N–H and O–H groups in total. The lowest BCUT2D eigenvalue weighted by molar-refractivity contribution is 0.186. The lowest BCUT2D eigenvalue weighted by Crippen LogP contribution is -2.49. The zero-order valence-electron chi connectivity index (χ0n) is 11.9. The van der Waals surface area contributed by atoms with E-state index in [0.29, 0.717) is 0 Å². The van der Waals surface area contributed by atoms with Gasteiger partial charge in [0, 0.05) is 12.2 Å². The summed E-state index contributed by atoms with van der Waals surface area (Å²) < 4.78 is 0. The first kappa shape index (κ1) is 13.2. The lowest BCUT2D eigenvalue weighted by Gasteiger charge is -2.38. The van der Waals surface area contributed by atoms with Crippen molar-refractivity contribution in [2.45, 2.75) is 31.8 Å². The molecule has 20 heavy (non-hydrogen) atoms. The molecule has 1 aliphatic rings. The molecule has 1 atom stereocenters. The largest absolute Gasteiger partial charge is 0.394 e. The summed E-state index contributed by atoms with van der Waals surface area (Å²) in [7, 11) is 0. The van der Waals surface area contributed by atoms with E-state index in [4.69, 9.17) is 0 Å². The molecule has 3 rings (SSSR count). The molecular formula is C18H21NO. The van der Waals surface area contributed by atoms with E-state index in [1.165, 1.54) is 16.8 Å². The van der Waals surface area contributed by atoms with Crippen LogP contribution in [0, 0.1) is 0 Å². The van der Waals surface area contributed by atoms with E-state index in [0.717, 1.165) is 19.4 Å². The van der Waals surface area contributed by atoms with Gasteiger partial charge < -0.3 is 10.0 Å². The Morgan fingerprint density at radius 3 is 2.45 bits per heavy atom. The molecule has 2 aromatic rings. The molecule has 2 heteroatoms. The van der Waals surface area contributed by atoms with E-state index in [2.05, 4.69) is 60.4 Å². The van der Waals surface area contributed by atoms with E-state index in [-0.39, 0.29) is 12.1 Å². The second-order valence-corrected chi connectivity index (χ2v) is 5.61. The van der Waals surface area contributed by atoms with Gasteiger partial charge in [-0.1, -0.05) is 55.5 Å². The van der Waals surface area contributed by atoms with Gasteiger partial charge >= 0.3 is 0 Å². The van der Waals surface area contributed by atoms with E-state index in [1.54, 1.807) is 0 Å². The monoisotopic (exact) mass is 267 g/mol. The highest BCUT2D eigenvalue weighted by Crippen LogP contribution is 2.41. The van der Waals surface area contributed by atoms with Crippen LogP contribution in [0.15, 0.2) is 54.6 Å². The summed E-state index contributed by atoms with van der Waals surface area (Å²) in [6, 6.07) is 19.0. The van der Waals surface area contributed by atoms with Crippen LogP contribution in [0.1, 0.15) is 24.5 Å². The van der Waals surface area contributed by atoms with Crippen molar-refractivity contribution >= 4 is 5.69 Å². The molecule has 0 radical (unpaired) electrons. The molecular weight excluding hydrogens is 246 g/mol. The third-order valence-electron chi connectivity index (χ3n) is 4.51. The number of aliphatic hydroxyl groups is 1. The lowest BCUT2D eigenvalue weighted by atomic mass is 9.92. The van der Waals surface area contributed by atoms with Crippen molar-refractivity contribution in [3.8, 4) is 0 Å². The third kappa shape index (κ3) is 2.10. The number of benzene rings is 2. The third-order valence-corrected chi connectivity index (χ3v) is 4.51. The highest BCUT2D eigenvalue weighted by Gasteiger charge is 2.41. The standard InChI is InChI=1S/C18H21NO/c1-2-18(14-20)12-16-10-6-7-11-17(16)19(18)13-15-8-4-3-5-9-15/h3-11,20H,2,12-14H2,1H3. The SMILES string of the molecule is CCC1(CO)Cc2ccccc2N1Cc1ccccc1. The van der Waals surface area contributed by atoms with Crippen LogP contribution < -0.4 is 4.90 Å². The van der Waals surface area contributed by atoms with Crippen molar-refractivity contribution in [2.24, 2.45) is 0 Å². The smallest absolute Gasteiger partial charge is 0.0674 e. The van der Waals surface area contributed by atoms with Gasteiger partial charge in [0.05, 0.1) is 12.1 Å². The Balaban J connectivity index is 1.99. The van der Waals surface area contributed by atoms with Gasteiger partial charge in [-0.05, 0) is 30.0 Å². The predicted octanol–water partition coefficient (Wildman–Crippen LogP) is 3.39. The van der Waals surface area contributed by atoms with Crippen molar-refractivity contribution < 1.29 is 5.11 Å². The van der Waals surface area contributed by atoms with Gasteiger partial charge in [0.15, 0.2) is 0 Å². The average Bonchev–Trinajstić information content (AvgIpc) is 2.83. The van der Waals surface area contributed by atoms with Crippen molar-refractivity contribution in [1.82, 2.24) is 0 Å². The van der Waals surface area contributed by atoms with Gasteiger partial charge in [-0.15, -0.1) is 0 Å². The average molecular weight is 267 g/mol. The van der Waals surface area contributed by atoms with Crippen LogP contribution in [0.5, 0.6) is 0 Å². The first-order chi connectivity index (χ1) is 9.79. The van der Waals surface area contributed by atoms with Crippen LogP contribution in [0.3, 0.4) is 0 Å². The van der Waals surface area contributed by atoms with Crippen LogP contribution in [-0.2, 0) is 13.0 Å². The molecule has 0 saturated carbocycles. The molecule has 0 amide bonds. The number of nitrogens with zero attached hydrogens (tertiary/aromatic N) is 1. The molecule has 1 unspecified atom stereocenters. The van der Waals surface area contributed by atoms with Crippen molar-refractivity contribution in [3.63, 3.8) is 0 Å². The summed E-state index contributed by atoms with van der Waals surface area (Å²) in [6.07, 6.45) is 1.88. The van der Waals surface area contributed by atoms with Gasteiger partial charge in [-0.3, -0.25) is 0 Å². The first-order valence-corrected chi connectivity index (χ1v) is 7.29. The minimum Gasteiger partial charge on any atom is -0.394 e. The molecule has 0 fully saturated rings. The van der Waals surface area contributed by atoms with E-state index in [9.17, 15) is 5.11 Å². The van der Waals surface area contributed by atoms with Crippen molar-refractivity contribution in [3.05, 3.63) is 65.7 Å². The maximum atomic E-state index is 10.00. The summed E-state index contributed by atoms with van der Waals surface area (Å²) >= 11 is 0. The number of anilines is 1. The molecule has 2 nitrogen and oxygen atoms in total. The summed E-state index contributed by atoms with van der Waals surface area (Å²) in [5.74, 6) is 0. The van der Waals surface area contributed by atoms with E-state index < -0.39 is 0 Å². The van der Waals surface area contributed by atoms with Gasteiger partial charge in [0.2, 0.25) is 0 Å². The van der Waals surface area contributed by atoms with Gasteiger partial charge in [0.1, 0.15) is 0 Å². The topological polar surface area (TPSA) is 23.5 Å². The molecule has 0 aliphatic carbocycles. The second kappa shape index (κ2) is 5.29. The number of para-hydroxylation sites is 1. The van der Waals surface area contributed by atoms with Crippen LogP contribution >= 0.6 is 0 Å². The van der Waals surface area contributed by atoms with Crippen LogP contribution in [-0.4, -0.2) is 17.3 Å². The molecule has 104 valence electrons. The van der Waals surface area contributed by atoms with Crippen LogP contribution in [0.2, 0.25) is 0 Å². The number of aliphatic hydroxyl groups excluding tert-OH is 1. The number of hydrogen-bond donors (Lipinski definition) is 1. The summed E-state index contributed by atoms with van der Waals surface area (Å²) in [5.41, 5.74) is 3.75. The van der Waals surface area contributed by atoms with E-state index >= 15 is 0 Å². The molecule has 0 saturated heterocycles. The Hall–Kier alpha value is -1.80. The highest BCUT2D eigenvalue weighted by molar-refractivity contribution is 5.62. The Labute approximate surface area is 120 Å². The summed E-state index contributed by atoms with van der Waals surface area (Å²) in [4.78, 5) is 2.39. The zero-order valence-corrected chi connectivity index (χ0v) is 11.9. The summed E-state index contributed by atoms with van der Waals surface area (Å²) in [6.45, 7) is 3.22. The van der Waals surface area contributed by atoms with Crippen molar-refractivity contribution in [2.75, 3.05) is 11.5 Å². The van der Waals surface area contributed by atoms with Gasteiger partial charge in [0.25, 0.3) is 0 Å². The Morgan fingerprint density at radius 1 is 1.05 bits per heavy atom. The maximum absolute atomic E-state index is 10.00. The fraction of sp³-hybridized carbons (Fsp3) is 0.333. The minimum absolute atomic E-state index is 0.153. The molecule has 1 heterocycles. The number of fused-ring (bicyclic) bond motifs is 1. The minimum atomic E-state index is -0.153. The molecule has 2 aromatic carbocycles. The molecule has 0 aromatic heterocycles. The second-order valence-electron chi connectivity index (χ2n) is 5.61. The van der Waals surface area contributed by atoms with Gasteiger partial charge in [-0.2, -0.15) is 0 Å². The zero-order chi connectivity index (χ0) is 14.0. The Morgan fingerprint density at radius 2 is 1.75 bits per heavy atom. The normalized spacial score (nSPS) is 21.0. The Bertz CT molecular complexity index is 575. The summed E-state index contributed by atoms with van der Waals surface area (Å²) in [5, 5.41) is 10.00. The number of hydrogen-bond acceptors (Lipinski definition) is 2. The molecule has 0 spiro atoms. The van der Waals surface area contributed by atoms with Crippen LogP contribution in [0.4, 0.5) is 5.69 Å². The highest BCUT2D eigenvalue weighted by atomic mass is 16.3.